The summed E-state index contributed by atoms with van der Waals surface area (Å²) in [5, 5.41) is 9.31. The lowest BCUT2D eigenvalue weighted by Gasteiger charge is -2.17. The topological polar surface area (TPSA) is 72.3 Å². The second-order valence-corrected chi connectivity index (χ2v) is 3.40. The van der Waals surface area contributed by atoms with E-state index in [9.17, 15) is 5.11 Å². The molecule has 1 rings (SSSR count). The fourth-order valence-corrected chi connectivity index (χ4v) is 1.24. The maximum atomic E-state index is 9.31. The number of hydrogen-bond donors (Lipinski definition) is 3. The van der Waals surface area contributed by atoms with Gasteiger partial charge in [-0.1, -0.05) is 17.7 Å². The summed E-state index contributed by atoms with van der Waals surface area (Å²) >= 11 is 0. The van der Waals surface area contributed by atoms with Crippen LogP contribution >= 0.6 is 0 Å². The van der Waals surface area contributed by atoms with Crippen LogP contribution in [0.2, 0.25) is 0 Å². The summed E-state index contributed by atoms with van der Waals surface area (Å²) in [7, 11) is 0. The normalized spacial score (nSPS) is 15.4. The van der Waals surface area contributed by atoms with Crippen LogP contribution in [0.25, 0.3) is 0 Å². The highest BCUT2D eigenvalue weighted by Crippen LogP contribution is 2.22. The SMILES string of the molecule is Cc1ccc(N)c([C@H](N)C(C)O)c1. The molecule has 0 aliphatic rings. The summed E-state index contributed by atoms with van der Waals surface area (Å²) in [5.41, 5.74) is 14.1. The van der Waals surface area contributed by atoms with Crippen molar-refractivity contribution in [2.45, 2.75) is 26.0 Å². The van der Waals surface area contributed by atoms with Gasteiger partial charge in [0.25, 0.3) is 0 Å². The van der Waals surface area contributed by atoms with E-state index in [2.05, 4.69) is 0 Å². The van der Waals surface area contributed by atoms with Gasteiger partial charge >= 0.3 is 0 Å². The van der Waals surface area contributed by atoms with Gasteiger partial charge in [-0.05, 0) is 25.5 Å². The van der Waals surface area contributed by atoms with E-state index < -0.39 is 12.1 Å². The quantitative estimate of drug-likeness (QED) is 0.593. The van der Waals surface area contributed by atoms with E-state index >= 15 is 0 Å². The van der Waals surface area contributed by atoms with Crippen LogP contribution in [-0.2, 0) is 0 Å². The number of nitrogen functional groups attached to an aromatic ring is 1. The van der Waals surface area contributed by atoms with E-state index in [1.54, 1.807) is 6.92 Å². The van der Waals surface area contributed by atoms with Crippen molar-refractivity contribution < 1.29 is 5.11 Å². The van der Waals surface area contributed by atoms with Crippen molar-refractivity contribution in [2.75, 3.05) is 5.73 Å². The van der Waals surface area contributed by atoms with Crippen LogP contribution in [0.3, 0.4) is 0 Å². The minimum atomic E-state index is -0.580. The second-order valence-electron chi connectivity index (χ2n) is 3.40. The highest BCUT2D eigenvalue weighted by atomic mass is 16.3. The van der Waals surface area contributed by atoms with Crippen LogP contribution < -0.4 is 11.5 Å². The van der Waals surface area contributed by atoms with Gasteiger partial charge in [0.05, 0.1) is 12.1 Å². The van der Waals surface area contributed by atoms with Gasteiger partial charge in [0, 0.05) is 5.69 Å². The lowest BCUT2D eigenvalue weighted by molar-refractivity contribution is 0.164. The van der Waals surface area contributed by atoms with Gasteiger partial charge in [-0.25, -0.2) is 0 Å². The monoisotopic (exact) mass is 180 g/mol. The predicted molar refractivity (Wildman–Crippen MR) is 54.2 cm³/mol. The molecule has 0 radical (unpaired) electrons. The molecule has 0 aliphatic heterocycles. The Hall–Kier alpha value is -1.06. The second kappa shape index (κ2) is 3.77. The fourth-order valence-electron chi connectivity index (χ4n) is 1.24. The Balaban J connectivity index is 3.05. The predicted octanol–water partition coefficient (Wildman–Crippen LogP) is 0.958. The van der Waals surface area contributed by atoms with E-state index in [4.69, 9.17) is 11.5 Å². The first-order chi connectivity index (χ1) is 6.02. The highest BCUT2D eigenvalue weighted by Gasteiger charge is 2.14. The van der Waals surface area contributed by atoms with Crippen molar-refractivity contribution in [3.63, 3.8) is 0 Å². The van der Waals surface area contributed by atoms with Crippen molar-refractivity contribution in [3.8, 4) is 0 Å². The first-order valence-electron chi connectivity index (χ1n) is 4.32. The Kier molecular flexibility index (Phi) is 2.90. The Labute approximate surface area is 78.4 Å². The summed E-state index contributed by atoms with van der Waals surface area (Å²) in [4.78, 5) is 0. The van der Waals surface area contributed by atoms with Gasteiger partial charge in [-0.2, -0.15) is 0 Å². The summed E-state index contributed by atoms with van der Waals surface area (Å²) < 4.78 is 0. The Morgan fingerprint density at radius 1 is 1.38 bits per heavy atom. The molecule has 0 fully saturated rings. The smallest absolute Gasteiger partial charge is 0.0705 e. The number of aliphatic hydroxyl groups excluding tert-OH is 1. The first-order valence-corrected chi connectivity index (χ1v) is 4.32. The molecule has 0 amide bonds. The molecule has 0 saturated carbocycles. The Bertz CT molecular complexity index is 297. The minimum Gasteiger partial charge on any atom is -0.398 e. The molecule has 13 heavy (non-hydrogen) atoms. The van der Waals surface area contributed by atoms with Crippen LogP contribution in [0, 0.1) is 6.92 Å². The standard InChI is InChI=1S/C10H16N2O/c1-6-3-4-9(11)8(5-6)10(12)7(2)13/h3-5,7,10,13H,11-12H2,1-2H3/t7?,10-/m1/s1. The summed E-state index contributed by atoms with van der Waals surface area (Å²) in [6, 6.07) is 5.24. The van der Waals surface area contributed by atoms with Gasteiger partial charge in [0.15, 0.2) is 0 Å². The van der Waals surface area contributed by atoms with Crippen LogP contribution in [-0.4, -0.2) is 11.2 Å². The van der Waals surface area contributed by atoms with Gasteiger partial charge < -0.3 is 16.6 Å². The molecule has 1 unspecified atom stereocenters. The molecule has 2 atom stereocenters. The van der Waals surface area contributed by atoms with Crippen molar-refractivity contribution in [1.29, 1.82) is 0 Å². The highest BCUT2D eigenvalue weighted by molar-refractivity contribution is 5.50. The molecule has 0 spiro atoms. The summed E-state index contributed by atoms with van der Waals surface area (Å²) in [6.07, 6.45) is -0.580. The number of hydrogen-bond acceptors (Lipinski definition) is 3. The zero-order valence-electron chi connectivity index (χ0n) is 7.99. The van der Waals surface area contributed by atoms with E-state index in [0.717, 1.165) is 11.1 Å². The molecule has 0 aromatic heterocycles. The maximum absolute atomic E-state index is 9.31. The number of aryl methyl sites for hydroxylation is 1. The maximum Gasteiger partial charge on any atom is 0.0705 e. The largest absolute Gasteiger partial charge is 0.398 e. The van der Waals surface area contributed by atoms with E-state index in [0.29, 0.717) is 5.69 Å². The van der Waals surface area contributed by atoms with Crippen LogP contribution in [0.1, 0.15) is 24.1 Å². The summed E-state index contributed by atoms with van der Waals surface area (Å²) in [6.45, 7) is 3.63. The molecule has 0 saturated heterocycles. The van der Waals surface area contributed by atoms with Crippen molar-refractivity contribution >= 4 is 5.69 Å². The number of benzene rings is 1. The first kappa shape index (κ1) is 10.0. The molecule has 1 aromatic rings. The van der Waals surface area contributed by atoms with E-state index in [1.165, 1.54) is 0 Å². The molecule has 5 N–H and O–H groups in total. The average Bonchev–Trinajstić information content (AvgIpc) is 2.08. The number of rotatable bonds is 2. The Morgan fingerprint density at radius 2 is 2.00 bits per heavy atom. The zero-order chi connectivity index (χ0) is 10.0. The van der Waals surface area contributed by atoms with Crippen LogP contribution in [0.15, 0.2) is 18.2 Å². The number of nitrogens with two attached hydrogens (primary N) is 2. The number of anilines is 1. The lowest BCUT2D eigenvalue weighted by Crippen LogP contribution is -2.24. The molecule has 0 bridgehead atoms. The van der Waals surface area contributed by atoms with Gasteiger partial charge in [-0.3, -0.25) is 0 Å². The third-order valence-electron chi connectivity index (χ3n) is 2.12. The minimum absolute atomic E-state index is 0.403. The number of aliphatic hydroxyl groups is 1. The van der Waals surface area contributed by atoms with Gasteiger partial charge in [-0.15, -0.1) is 0 Å². The van der Waals surface area contributed by atoms with Crippen molar-refractivity contribution in [3.05, 3.63) is 29.3 Å². The molecule has 1 aromatic carbocycles. The Morgan fingerprint density at radius 3 is 2.54 bits per heavy atom. The molecule has 3 heteroatoms. The van der Waals surface area contributed by atoms with E-state index in [-0.39, 0.29) is 0 Å². The molecule has 0 aliphatic carbocycles. The average molecular weight is 180 g/mol. The molecular weight excluding hydrogens is 164 g/mol. The van der Waals surface area contributed by atoms with Crippen molar-refractivity contribution in [1.82, 2.24) is 0 Å². The van der Waals surface area contributed by atoms with Crippen molar-refractivity contribution in [2.24, 2.45) is 5.73 Å². The fraction of sp³-hybridized carbons (Fsp3) is 0.400. The van der Waals surface area contributed by atoms with Crippen LogP contribution in [0.4, 0.5) is 5.69 Å². The lowest BCUT2D eigenvalue weighted by atomic mass is 9.99. The molecule has 72 valence electrons. The zero-order valence-corrected chi connectivity index (χ0v) is 7.99. The summed E-state index contributed by atoms with van der Waals surface area (Å²) in [5.74, 6) is 0. The van der Waals surface area contributed by atoms with Gasteiger partial charge in [0.1, 0.15) is 0 Å². The third-order valence-corrected chi connectivity index (χ3v) is 2.12. The molecule has 3 nitrogen and oxygen atoms in total. The molecular formula is C10H16N2O. The van der Waals surface area contributed by atoms with Gasteiger partial charge in [0.2, 0.25) is 0 Å². The van der Waals surface area contributed by atoms with E-state index in [1.807, 2.05) is 25.1 Å². The third kappa shape index (κ3) is 2.20. The van der Waals surface area contributed by atoms with Crippen LogP contribution in [0.5, 0.6) is 0 Å². The molecule has 0 heterocycles.